The highest BCUT2D eigenvalue weighted by Crippen LogP contribution is 2.42. The summed E-state index contributed by atoms with van der Waals surface area (Å²) in [5.74, 6) is 1.42. The molecule has 0 aliphatic carbocycles. The SMILES string of the molecule is COc1cc(C[C@@H]2[C@H](O)c3ccccc3S(=O)(=O)N2C(C)C)cc(OC)c1OC. The molecule has 1 aliphatic heterocycles. The van der Waals surface area contributed by atoms with Crippen LogP contribution in [0.2, 0.25) is 0 Å². The molecule has 0 saturated carbocycles. The van der Waals surface area contributed by atoms with E-state index in [2.05, 4.69) is 0 Å². The van der Waals surface area contributed by atoms with Crippen molar-refractivity contribution in [2.24, 2.45) is 0 Å². The molecule has 1 aliphatic rings. The van der Waals surface area contributed by atoms with Gasteiger partial charge in [-0.25, -0.2) is 8.42 Å². The Kier molecular flexibility index (Phi) is 6.07. The first-order valence-corrected chi connectivity index (χ1v) is 10.8. The standard InChI is InChI=1S/C21H27NO6S/c1-13(2)22-16(20(23)15-8-6-7-9-19(15)29(22,24)25)10-14-11-17(26-3)21(28-5)18(12-14)27-4/h6-9,11-13,16,20,23H,10H2,1-5H3/t16-,20-/m1/s1. The van der Waals surface area contributed by atoms with Crippen molar-refractivity contribution < 1.29 is 27.7 Å². The van der Waals surface area contributed by atoms with Gasteiger partial charge in [0.05, 0.1) is 38.4 Å². The van der Waals surface area contributed by atoms with Gasteiger partial charge in [0.15, 0.2) is 11.5 Å². The molecule has 0 radical (unpaired) electrons. The second kappa shape index (κ2) is 8.22. The molecule has 0 amide bonds. The van der Waals surface area contributed by atoms with Crippen molar-refractivity contribution in [2.75, 3.05) is 21.3 Å². The van der Waals surface area contributed by atoms with Crippen molar-refractivity contribution >= 4 is 10.0 Å². The Labute approximate surface area is 171 Å². The number of rotatable bonds is 6. The summed E-state index contributed by atoms with van der Waals surface area (Å²) in [5.41, 5.74) is 1.19. The van der Waals surface area contributed by atoms with E-state index in [4.69, 9.17) is 14.2 Å². The van der Waals surface area contributed by atoms with Gasteiger partial charge in [0.1, 0.15) is 0 Å². The highest BCUT2D eigenvalue weighted by molar-refractivity contribution is 7.89. The Hall–Kier alpha value is -2.29. The highest BCUT2D eigenvalue weighted by atomic mass is 32.2. The molecular weight excluding hydrogens is 394 g/mol. The van der Waals surface area contributed by atoms with E-state index in [1.54, 1.807) is 50.2 Å². The first-order chi connectivity index (χ1) is 13.8. The zero-order valence-corrected chi connectivity index (χ0v) is 18.1. The third kappa shape index (κ3) is 3.68. The van der Waals surface area contributed by atoms with Crippen LogP contribution in [0, 0.1) is 0 Å². The number of hydrogen-bond donors (Lipinski definition) is 1. The summed E-state index contributed by atoms with van der Waals surface area (Å²) < 4.78 is 44.1. The monoisotopic (exact) mass is 421 g/mol. The summed E-state index contributed by atoms with van der Waals surface area (Å²) in [5, 5.41) is 11.1. The van der Waals surface area contributed by atoms with Crippen LogP contribution >= 0.6 is 0 Å². The maximum absolute atomic E-state index is 13.3. The van der Waals surface area contributed by atoms with E-state index in [0.29, 0.717) is 22.8 Å². The zero-order chi connectivity index (χ0) is 21.3. The lowest BCUT2D eigenvalue weighted by molar-refractivity contribution is 0.0684. The van der Waals surface area contributed by atoms with Gasteiger partial charge in [-0.2, -0.15) is 4.31 Å². The largest absolute Gasteiger partial charge is 0.493 e. The Morgan fingerprint density at radius 2 is 1.62 bits per heavy atom. The van der Waals surface area contributed by atoms with Crippen LogP contribution < -0.4 is 14.2 Å². The van der Waals surface area contributed by atoms with Crippen LogP contribution in [0.4, 0.5) is 0 Å². The first-order valence-electron chi connectivity index (χ1n) is 9.35. The Morgan fingerprint density at radius 1 is 1.03 bits per heavy atom. The summed E-state index contributed by atoms with van der Waals surface area (Å²) in [6.07, 6.45) is -0.680. The number of hydrogen-bond acceptors (Lipinski definition) is 6. The van der Waals surface area contributed by atoms with Gasteiger partial charge in [0.2, 0.25) is 15.8 Å². The first kappa shape index (κ1) is 21.4. The van der Waals surface area contributed by atoms with Crippen molar-refractivity contribution in [3.63, 3.8) is 0 Å². The molecule has 2 atom stereocenters. The van der Waals surface area contributed by atoms with Crippen LogP contribution in [0.25, 0.3) is 0 Å². The number of nitrogens with zero attached hydrogens (tertiary/aromatic N) is 1. The molecule has 0 fully saturated rings. The van der Waals surface area contributed by atoms with Crippen LogP contribution in [0.5, 0.6) is 17.2 Å². The maximum Gasteiger partial charge on any atom is 0.244 e. The van der Waals surface area contributed by atoms with E-state index in [9.17, 15) is 13.5 Å². The van der Waals surface area contributed by atoms with Crippen LogP contribution in [0.1, 0.15) is 31.1 Å². The number of fused-ring (bicyclic) bond motifs is 1. The summed E-state index contributed by atoms with van der Waals surface area (Å²) in [4.78, 5) is 0.155. The van der Waals surface area contributed by atoms with Crippen molar-refractivity contribution in [3.8, 4) is 17.2 Å². The average Bonchev–Trinajstić information content (AvgIpc) is 2.70. The van der Waals surface area contributed by atoms with Gasteiger partial charge in [0.25, 0.3) is 0 Å². The molecule has 0 saturated heterocycles. The van der Waals surface area contributed by atoms with E-state index in [0.717, 1.165) is 5.56 Å². The normalized spacial score (nSPS) is 20.9. The lowest BCUT2D eigenvalue weighted by Crippen LogP contribution is -2.52. The number of ether oxygens (including phenoxy) is 3. The topological polar surface area (TPSA) is 85.3 Å². The van der Waals surface area contributed by atoms with Crippen molar-refractivity contribution in [2.45, 2.75) is 43.4 Å². The number of aliphatic hydroxyl groups excluding tert-OH is 1. The van der Waals surface area contributed by atoms with Gasteiger partial charge in [-0.3, -0.25) is 0 Å². The zero-order valence-electron chi connectivity index (χ0n) is 17.2. The summed E-state index contributed by atoms with van der Waals surface area (Å²) >= 11 is 0. The van der Waals surface area contributed by atoms with Gasteiger partial charge in [-0.1, -0.05) is 18.2 Å². The van der Waals surface area contributed by atoms with Crippen LogP contribution in [-0.2, 0) is 16.4 Å². The second-order valence-corrected chi connectivity index (χ2v) is 9.03. The highest BCUT2D eigenvalue weighted by Gasteiger charge is 2.44. The number of benzene rings is 2. The van der Waals surface area contributed by atoms with E-state index in [-0.39, 0.29) is 17.4 Å². The lowest BCUT2D eigenvalue weighted by atomic mass is 9.94. The fourth-order valence-corrected chi connectivity index (χ4v) is 6.02. The Balaban J connectivity index is 2.10. The molecule has 0 aromatic heterocycles. The lowest BCUT2D eigenvalue weighted by Gasteiger charge is -2.41. The molecule has 158 valence electrons. The molecule has 2 aromatic rings. The van der Waals surface area contributed by atoms with Gasteiger partial charge in [0, 0.05) is 11.6 Å². The summed E-state index contributed by atoms with van der Waals surface area (Å²) in [6, 6.07) is 9.17. The minimum atomic E-state index is -3.74. The quantitative estimate of drug-likeness (QED) is 0.772. The van der Waals surface area contributed by atoms with Crippen LogP contribution in [0.3, 0.4) is 0 Å². The third-order valence-corrected chi connectivity index (χ3v) is 7.34. The van der Waals surface area contributed by atoms with E-state index < -0.39 is 22.2 Å². The predicted molar refractivity (Wildman–Crippen MR) is 109 cm³/mol. The minimum absolute atomic E-state index is 0.155. The fraction of sp³-hybridized carbons (Fsp3) is 0.429. The van der Waals surface area contributed by atoms with Crippen molar-refractivity contribution in [1.29, 1.82) is 0 Å². The second-order valence-electron chi connectivity index (χ2n) is 7.22. The molecule has 0 spiro atoms. The van der Waals surface area contributed by atoms with Crippen molar-refractivity contribution in [1.82, 2.24) is 4.31 Å². The van der Waals surface area contributed by atoms with Crippen LogP contribution in [-0.4, -0.2) is 51.2 Å². The molecule has 7 nitrogen and oxygen atoms in total. The number of methoxy groups -OCH3 is 3. The van der Waals surface area contributed by atoms with Gasteiger partial charge in [-0.15, -0.1) is 0 Å². The smallest absolute Gasteiger partial charge is 0.244 e. The van der Waals surface area contributed by atoms with Gasteiger partial charge >= 0.3 is 0 Å². The molecule has 2 aromatic carbocycles. The molecule has 29 heavy (non-hydrogen) atoms. The average molecular weight is 422 g/mol. The van der Waals surface area contributed by atoms with E-state index >= 15 is 0 Å². The molecule has 0 bridgehead atoms. The molecule has 8 heteroatoms. The van der Waals surface area contributed by atoms with E-state index in [1.807, 2.05) is 0 Å². The third-order valence-electron chi connectivity index (χ3n) is 5.16. The van der Waals surface area contributed by atoms with Gasteiger partial charge in [-0.05, 0) is 44.0 Å². The number of sulfonamides is 1. The maximum atomic E-state index is 13.3. The fourth-order valence-electron chi connectivity index (χ4n) is 3.95. The molecule has 3 rings (SSSR count). The van der Waals surface area contributed by atoms with E-state index in [1.165, 1.54) is 25.6 Å². The summed E-state index contributed by atoms with van der Waals surface area (Å²) in [7, 11) is 0.831. The molecule has 1 N–H and O–H groups in total. The Bertz CT molecular complexity index is 963. The van der Waals surface area contributed by atoms with Crippen LogP contribution in [0.15, 0.2) is 41.3 Å². The minimum Gasteiger partial charge on any atom is -0.493 e. The number of aliphatic hydroxyl groups is 1. The van der Waals surface area contributed by atoms with Crippen molar-refractivity contribution in [3.05, 3.63) is 47.5 Å². The summed E-state index contributed by atoms with van der Waals surface area (Å²) in [6.45, 7) is 3.61. The van der Waals surface area contributed by atoms with Gasteiger partial charge < -0.3 is 19.3 Å². The predicted octanol–water partition coefficient (Wildman–Crippen LogP) is 2.77. The molecule has 0 unspecified atom stereocenters. The molecule has 1 heterocycles. The Morgan fingerprint density at radius 3 is 2.14 bits per heavy atom. The molecular formula is C21H27NO6S.